The van der Waals surface area contributed by atoms with Gasteiger partial charge in [0.1, 0.15) is 0 Å². The minimum Gasteiger partial charge on any atom is -0.478 e. The zero-order valence-corrected chi connectivity index (χ0v) is 11.1. The van der Waals surface area contributed by atoms with Crippen molar-refractivity contribution in [1.29, 1.82) is 0 Å². The molecule has 104 valence electrons. The lowest BCUT2D eigenvalue weighted by Gasteiger charge is -2.18. The van der Waals surface area contributed by atoms with Gasteiger partial charge in [-0.05, 0) is 35.8 Å². The Bertz CT molecular complexity index is 588. The Hall–Kier alpha value is -2.43. The van der Waals surface area contributed by atoms with Crippen LogP contribution in [-0.2, 0) is 20.8 Å². The van der Waals surface area contributed by atoms with Crippen LogP contribution in [0, 0.1) is 0 Å². The summed E-state index contributed by atoms with van der Waals surface area (Å²) in [6.07, 6.45) is 3.70. The molecule has 0 saturated carbocycles. The number of aryl methyl sites for hydroxylation is 1. The molecule has 0 bridgehead atoms. The molecule has 1 saturated heterocycles. The molecule has 0 aliphatic carbocycles. The first kappa shape index (κ1) is 14.0. The number of anilines is 1. The van der Waals surface area contributed by atoms with Gasteiger partial charge in [0.05, 0.1) is 5.69 Å². The van der Waals surface area contributed by atoms with Crippen LogP contribution in [0.1, 0.15) is 30.9 Å². The SMILES string of the molecule is CCc1cc(/C=C/C(=O)O)ccc1N1C(=O)CCC1=O. The molecule has 5 nitrogen and oxygen atoms in total. The van der Waals surface area contributed by atoms with E-state index in [2.05, 4.69) is 0 Å². The zero-order valence-electron chi connectivity index (χ0n) is 11.1. The van der Waals surface area contributed by atoms with Crippen LogP contribution in [0.3, 0.4) is 0 Å². The van der Waals surface area contributed by atoms with Crippen molar-refractivity contribution < 1.29 is 19.5 Å². The summed E-state index contributed by atoms with van der Waals surface area (Å²) in [6, 6.07) is 5.20. The van der Waals surface area contributed by atoms with Gasteiger partial charge in [0.2, 0.25) is 11.8 Å². The molecule has 1 N–H and O–H groups in total. The van der Waals surface area contributed by atoms with Crippen molar-refractivity contribution in [3.8, 4) is 0 Å². The number of amides is 2. The molecule has 20 heavy (non-hydrogen) atoms. The van der Waals surface area contributed by atoms with Gasteiger partial charge in [0.25, 0.3) is 0 Å². The minimum absolute atomic E-state index is 0.182. The third kappa shape index (κ3) is 2.77. The van der Waals surface area contributed by atoms with E-state index >= 15 is 0 Å². The van der Waals surface area contributed by atoms with E-state index in [1.165, 1.54) is 11.0 Å². The quantitative estimate of drug-likeness (QED) is 0.672. The van der Waals surface area contributed by atoms with Crippen LogP contribution in [0.2, 0.25) is 0 Å². The summed E-state index contributed by atoms with van der Waals surface area (Å²) >= 11 is 0. The van der Waals surface area contributed by atoms with Crippen LogP contribution in [0.25, 0.3) is 6.08 Å². The molecule has 1 aliphatic rings. The first-order chi connectivity index (χ1) is 9.52. The summed E-state index contributed by atoms with van der Waals surface area (Å²) in [7, 11) is 0. The van der Waals surface area contributed by atoms with Gasteiger partial charge in [-0.3, -0.25) is 14.5 Å². The first-order valence-corrected chi connectivity index (χ1v) is 6.42. The van der Waals surface area contributed by atoms with Gasteiger partial charge in [0, 0.05) is 18.9 Å². The van der Waals surface area contributed by atoms with Crippen molar-refractivity contribution in [1.82, 2.24) is 0 Å². The average molecular weight is 273 g/mol. The second kappa shape index (κ2) is 5.69. The second-order valence-corrected chi connectivity index (χ2v) is 4.54. The van der Waals surface area contributed by atoms with Gasteiger partial charge in [-0.25, -0.2) is 4.79 Å². The largest absolute Gasteiger partial charge is 0.478 e. The van der Waals surface area contributed by atoms with E-state index in [1.54, 1.807) is 18.2 Å². The molecule has 1 aromatic carbocycles. The number of hydrogen-bond donors (Lipinski definition) is 1. The third-order valence-electron chi connectivity index (χ3n) is 3.20. The van der Waals surface area contributed by atoms with E-state index < -0.39 is 5.97 Å². The number of benzene rings is 1. The average Bonchev–Trinajstić information content (AvgIpc) is 2.75. The highest BCUT2D eigenvalue weighted by atomic mass is 16.4. The minimum atomic E-state index is -1.02. The number of hydrogen-bond acceptors (Lipinski definition) is 3. The number of carboxylic acids is 1. The van der Waals surface area contributed by atoms with Crippen LogP contribution >= 0.6 is 0 Å². The van der Waals surface area contributed by atoms with Gasteiger partial charge in [0.15, 0.2) is 0 Å². The Balaban J connectivity index is 2.38. The lowest BCUT2D eigenvalue weighted by molar-refractivity contribution is -0.131. The number of carboxylic acid groups (broad SMARTS) is 1. The van der Waals surface area contributed by atoms with Gasteiger partial charge in [-0.15, -0.1) is 0 Å². The summed E-state index contributed by atoms with van der Waals surface area (Å²) in [5, 5.41) is 8.61. The maximum absolute atomic E-state index is 11.8. The fourth-order valence-electron chi connectivity index (χ4n) is 2.22. The van der Waals surface area contributed by atoms with Crippen molar-refractivity contribution in [3.63, 3.8) is 0 Å². The zero-order chi connectivity index (χ0) is 14.7. The predicted octanol–water partition coefficient (Wildman–Crippen LogP) is 2.00. The Labute approximate surface area is 116 Å². The van der Waals surface area contributed by atoms with Crippen LogP contribution in [0.5, 0.6) is 0 Å². The molecule has 1 fully saturated rings. The lowest BCUT2D eigenvalue weighted by atomic mass is 10.0. The molecule has 0 atom stereocenters. The highest BCUT2D eigenvalue weighted by molar-refractivity contribution is 6.20. The van der Waals surface area contributed by atoms with E-state index in [1.807, 2.05) is 6.92 Å². The highest BCUT2D eigenvalue weighted by Crippen LogP contribution is 2.28. The van der Waals surface area contributed by atoms with Crippen molar-refractivity contribution in [2.45, 2.75) is 26.2 Å². The number of carbonyl (C=O) groups excluding carboxylic acids is 2. The van der Waals surface area contributed by atoms with Gasteiger partial charge in [-0.2, -0.15) is 0 Å². The fraction of sp³-hybridized carbons (Fsp3) is 0.267. The molecule has 0 aromatic heterocycles. The van der Waals surface area contributed by atoms with Crippen molar-refractivity contribution in [2.75, 3.05) is 4.90 Å². The molecule has 0 unspecified atom stereocenters. The molecule has 1 heterocycles. The summed E-state index contributed by atoms with van der Waals surface area (Å²) < 4.78 is 0. The van der Waals surface area contributed by atoms with Gasteiger partial charge in [-0.1, -0.05) is 13.0 Å². The maximum Gasteiger partial charge on any atom is 0.328 e. The molecule has 0 radical (unpaired) electrons. The van der Waals surface area contributed by atoms with Crippen molar-refractivity contribution in [2.24, 2.45) is 0 Å². The van der Waals surface area contributed by atoms with Gasteiger partial charge < -0.3 is 5.11 Å². The lowest BCUT2D eigenvalue weighted by Crippen LogP contribution is -2.29. The monoisotopic (exact) mass is 273 g/mol. The molecule has 1 aromatic rings. The van der Waals surface area contributed by atoms with Crippen LogP contribution in [-0.4, -0.2) is 22.9 Å². The Morgan fingerprint density at radius 3 is 2.50 bits per heavy atom. The molecular weight excluding hydrogens is 258 g/mol. The van der Waals surface area contributed by atoms with E-state index in [9.17, 15) is 14.4 Å². The topological polar surface area (TPSA) is 74.7 Å². The Kier molecular flexibility index (Phi) is 3.98. The van der Waals surface area contributed by atoms with E-state index in [-0.39, 0.29) is 24.7 Å². The smallest absolute Gasteiger partial charge is 0.328 e. The summed E-state index contributed by atoms with van der Waals surface area (Å²) in [5.74, 6) is -1.38. The molecule has 2 amide bonds. The molecule has 2 rings (SSSR count). The first-order valence-electron chi connectivity index (χ1n) is 6.42. The fourth-order valence-corrected chi connectivity index (χ4v) is 2.22. The summed E-state index contributed by atoms with van der Waals surface area (Å²) in [6.45, 7) is 1.93. The van der Waals surface area contributed by atoms with Crippen LogP contribution in [0.15, 0.2) is 24.3 Å². The van der Waals surface area contributed by atoms with Crippen molar-refractivity contribution >= 4 is 29.5 Å². The molecule has 5 heteroatoms. The Morgan fingerprint density at radius 1 is 1.30 bits per heavy atom. The number of nitrogens with zero attached hydrogens (tertiary/aromatic N) is 1. The summed E-state index contributed by atoms with van der Waals surface area (Å²) in [5.41, 5.74) is 2.18. The maximum atomic E-state index is 11.8. The summed E-state index contributed by atoms with van der Waals surface area (Å²) in [4.78, 5) is 35.3. The third-order valence-corrected chi connectivity index (χ3v) is 3.20. The van der Waals surface area contributed by atoms with Crippen LogP contribution in [0.4, 0.5) is 5.69 Å². The number of carbonyl (C=O) groups is 3. The molecule has 0 spiro atoms. The van der Waals surface area contributed by atoms with Crippen molar-refractivity contribution in [3.05, 3.63) is 35.4 Å². The standard InChI is InChI=1S/C15H15NO4/c1-2-11-9-10(4-8-15(19)20)3-5-12(11)16-13(17)6-7-14(16)18/h3-5,8-9H,2,6-7H2,1H3,(H,19,20)/b8-4+. The van der Waals surface area contributed by atoms with E-state index in [0.717, 1.165) is 17.2 Å². The predicted molar refractivity (Wildman–Crippen MR) is 74.2 cm³/mol. The molecular formula is C15H15NO4. The van der Waals surface area contributed by atoms with Crippen LogP contribution < -0.4 is 4.90 Å². The number of rotatable bonds is 4. The normalized spacial score (nSPS) is 15.3. The van der Waals surface area contributed by atoms with E-state index in [0.29, 0.717) is 12.1 Å². The second-order valence-electron chi connectivity index (χ2n) is 4.54. The number of imide groups is 1. The van der Waals surface area contributed by atoms with Gasteiger partial charge >= 0.3 is 5.97 Å². The Morgan fingerprint density at radius 2 is 1.95 bits per heavy atom. The molecule has 1 aliphatic heterocycles. The number of aliphatic carboxylic acids is 1. The van der Waals surface area contributed by atoms with E-state index in [4.69, 9.17) is 5.11 Å². The highest BCUT2D eigenvalue weighted by Gasteiger charge is 2.31.